The summed E-state index contributed by atoms with van der Waals surface area (Å²) in [5, 5.41) is 15.1. The predicted molar refractivity (Wildman–Crippen MR) is 79.3 cm³/mol. The number of benzene rings is 2. The van der Waals surface area contributed by atoms with Crippen molar-refractivity contribution in [1.29, 1.82) is 0 Å². The third-order valence-electron chi connectivity index (χ3n) is 2.98. The molecule has 2 aromatic rings. The second-order valence-electron chi connectivity index (χ2n) is 4.20. The van der Waals surface area contributed by atoms with Crippen LogP contribution in [0.1, 0.15) is 11.1 Å². The normalized spacial score (nSPS) is 11.2. The van der Waals surface area contributed by atoms with E-state index in [2.05, 4.69) is 10.5 Å². The van der Waals surface area contributed by atoms with Crippen LogP contribution in [0.2, 0.25) is 0 Å². The van der Waals surface area contributed by atoms with Crippen LogP contribution in [0.5, 0.6) is 5.75 Å². The van der Waals surface area contributed by atoms with E-state index in [1.165, 1.54) is 0 Å². The molecule has 5 nitrogen and oxygen atoms in total. The Morgan fingerprint density at radius 2 is 1.90 bits per heavy atom. The van der Waals surface area contributed by atoms with Crippen molar-refractivity contribution in [3.05, 3.63) is 59.7 Å². The molecule has 0 saturated carbocycles. The topological polar surface area (TPSA) is 79.9 Å². The van der Waals surface area contributed by atoms with Gasteiger partial charge in [0.1, 0.15) is 5.75 Å². The van der Waals surface area contributed by atoms with Crippen LogP contribution >= 0.6 is 0 Å². The second-order valence-corrected chi connectivity index (χ2v) is 4.20. The highest BCUT2D eigenvalue weighted by Crippen LogP contribution is 2.24. The van der Waals surface area contributed by atoms with Gasteiger partial charge in [0.25, 0.3) is 0 Å². The Bertz CT molecular complexity index is 612. The largest absolute Gasteiger partial charge is 0.495 e. The van der Waals surface area contributed by atoms with Crippen LogP contribution in [0.3, 0.4) is 0 Å². The Hall–Kier alpha value is -2.69. The third kappa shape index (κ3) is 3.00. The first-order valence-electron chi connectivity index (χ1n) is 6.19. The maximum Gasteiger partial charge on any atom is 0.170 e. The number of oxime groups is 1. The molecule has 4 N–H and O–H groups in total. The quantitative estimate of drug-likeness (QED) is 0.337. The van der Waals surface area contributed by atoms with Gasteiger partial charge in [-0.25, -0.2) is 0 Å². The van der Waals surface area contributed by atoms with Crippen LogP contribution in [0, 0.1) is 0 Å². The number of rotatable bonds is 5. The first kappa shape index (κ1) is 13.7. The van der Waals surface area contributed by atoms with Crippen molar-refractivity contribution in [1.82, 2.24) is 0 Å². The van der Waals surface area contributed by atoms with Gasteiger partial charge in [-0.1, -0.05) is 41.6 Å². The summed E-state index contributed by atoms with van der Waals surface area (Å²) in [5.41, 5.74) is 8.21. The second kappa shape index (κ2) is 6.47. The molecular weight excluding hydrogens is 254 g/mol. The van der Waals surface area contributed by atoms with Crippen LogP contribution in [0.15, 0.2) is 53.7 Å². The van der Waals surface area contributed by atoms with E-state index in [1.54, 1.807) is 7.11 Å². The third-order valence-corrected chi connectivity index (χ3v) is 2.98. The van der Waals surface area contributed by atoms with E-state index in [-0.39, 0.29) is 5.84 Å². The van der Waals surface area contributed by atoms with Crippen LogP contribution in [0.4, 0.5) is 5.69 Å². The van der Waals surface area contributed by atoms with Crippen molar-refractivity contribution >= 4 is 11.5 Å². The molecule has 0 fully saturated rings. The van der Waals surface area contributed by atoms with Gasteiger partial charge in [-0.15, -0.1) is 0 Å². The van der Waals surface area contributed by atoms with Crippen molar-refractivity contribution in [3.63, 3.8) is 0 Å². The van der Waals surface area contributed by atoms with Crippen molar-refractivity contribution < 1.29 is 9.94 Å². The number of nitrogens with one attached hydrogen (secondary N) is 1. The molecule has 0 spiro atoms. The average molecular weight is 271 g/mol. The number of methoxy groups -OCH3 is 1. The zero-order valence-electron chi connectivity index (χ0n) is 11.2. The molecule has 2 aromatic carbocycles. The van der Waals surface area contributed by atoms with Crippen LogP contribution in [0.25, 0.3) is 0 Å². The maximum absolute atomic E-state index is 8.80. The lowest BCUT2D eigenvalue weighted by Crippen LogP contribution is -2.16. The van der Waals surface area contributed by atoms with E-state index >= 15 is 0 Å². The summed E-state index contributed by atoms with van der Waals surface area (Å²) < 4.78 is 5.28. The smallest absolute Gasteiger partial charge is 0.170 e. The van der Waals surface area contributed by atoms with E-state index in [0.717, 1.165) is 17.0 Å². The summed E-state index contributed by atoms with van der Waals surface area (Å²) in [6.07, 6.45) is 0. The fourth-order valence-corrected chi connectivity index (χ4v) is 1.96. The molecule has 0 aliphatic rings. The Balaban J connectivity index is 2.19. The van der Waals surface area contributed by atoms with Gasteiger partial charge in [-0.05, 0) is 17.7 Å². The van der Waals surface area contributed by atoms with Crippen molar-refractivity contribution in [2.45, 2.75) is 6.54 Å². The number of nitrogens with two attached hydrogens (primary N) is 1. The summed E-state index contributed by atoms with van der Waals surface area (Å²) in [6, 6.07) is 15.2. The SMILES string of the molecule is COc1ccccc1NCc1ccccc1C(N)=NO. The molecule has 0 heterocycles. The highest BCUT2D eigenvalue weighted by molar-refractivity contribution is 5.98. The Morgan fingerprint density at radius 1 is 1.20 bits per heavy atom. The Morgan fingerprint density at radius 3 is 2.65 bits per heavy atom. The van der Waals surface area contributed by atoms with E-state index in [9.17, 15) is 0 Å². The molecule has 0 atom stereocenters. The van der Waals surface area contributed by atoms with E-state index in [1.807, 2.05) is 48.5 Å². The molecule has 0 bridgehead atoms. The molecule has 0 unspecified atom stereocenters. The van der Waals surface area contributed by atoms with Gasteiger partial charge in [0.15, 0.2) is 5.84 Å². The van der Waals surface area contributed by atoms with Crippen LogP contribution in [-0.2, 0) is 6.54 Å². The molecule has 0 aliphatic carbocycles. The zero-order valence-corrected chi connectivity index (χ0v) is 11.2. The predicted octanol–water partition coefficient (Wildman–Crippen LogP) is 2.40. The maximum atomic E-state index is 8.80. The van der Waals surface area contributed by atoms with Gasteiger partial charge in [-0.3, -0.25) is 0 Å². The summed E-state index contributed by atoms with van der Waals surface area (Å²) in [4.78, 5) is 0. The zero-order chi connectivity index (χ0) is 14.4. The fraction of sp³-hybridized carbons (Fsp3) is 0.133. The number of para-hydroxylation sites is 2. The van der Waals surface area contributed by atoms with Crippen molar-refractivity contribution in [2.75, 3.05) is 12.4 Å². The van der Waals surface area contributed by atoms with Gasteiger partial charge in [0.05, 0.1) is 12.8 Å². The molecule has 0 amide bonds. The summed E-state index contributed by atoms with van der Waals surface area (Å²) >= 11 is 0. The van der Waals surface area contributed by atoms with Crippen LogP contribution in [-0.4, -0.2) is 18.2 Å². The number of nitrogens with zero attached hydrogens (tertiary/aromatic N) is 1. The summed E-state index contributed by atoms with van der Waals surface area (Å²) in [7, 11) is 1.63. The molecule has 0 aliphatic heterocycles. The van der Waals surface area contributed by atoms with Gasteiger partial charge >= 0.3 is 0 Å². The first-order chi connectivity index (χ1) is 9.76. The fourth-order valence-electron chi connectivity index (χ4n) is 1.96. The lowest BCUT2D eigenvalue weighted by molar-refractivity contribution is 0.318. The monoisotopic (exact) mass is 271 g/mol. The number of hydrogen-bond donors (Lipinski definition) is 3. The first-order valence-corrected chi connectivity index (χ1v) is 6.19. The van der Waals surface area contributed by atoms with Crippen molar-refractivity contribution in [2.24, 2.45) is 10.9 Å². The molecular formula is C15H17N3O2. The van der Waals surface area contributed by atoms with Crippen LogP contribution < -0.4 is 15.8 Å². The Kier molecular flexibility index (Phi) is 4.44. The minimum absolute atomic E-state index is 0.0995. The van der Waals surface area contributed by atoms with Gasteiger partial charge in [0.2, 0.25) is 0 Å². The number of amidine groups is 1. The van der Waals surface area contributed by atoms with E-state index in [4.69, 9.17) is 15.7 Å². The van der Waals surface area contributed by atoms with E-state index in [0.29, 0.717) is 12.1 Å². The summed E-state index contributed by atoms with van der Waals surface area (Å²) in [5.74, 6) is 0.871. The molecule has 0 saturated heterocycles. The standard InChI is InChI=1S/C15H17N3O2/c1-20-14-9-5-4-8-13(14)17-10-11-6-2-3-7-12(11)15(16)18-19/h2-9,17,19H,10H2,1H3,(H2,16,18). The lowest BCUT2D eigenvalue weighted by Gasteiger charge is -2.13. The minimum atomic E-state index is 0.0995. The molecule has 0 radical (unpaired) electrons. The van der Waals surface area contributed by atoms with E-state index < -0.39 is 0 Å². The number of hydrogen-bond acceptors (Lipinski definition) is 4. The van der Waals surface area contributed by atoms with Gasteiger partial charge < -0.3 is 21.0 Å². The molecule has 104 valence electrons. The number of ether oxygens (including phenoxy) is 1. The molecule has 0 aromatic heterocycles. The molecule has 2 rings (SSSR count). The Labute approximate surface area is 117 Å². The van der Waals surface area contributed by atoms with Gasteiger partial charge in [-0.2, -0.15) is 0 Å². The lowest BCUT2D eigenvalue weighted by atomic mass is 10.1. The average Bonchev–Trinajstić information content (AvgIpc) is 2.52. The van der Waals surface area contributed by atoms with Gasteiger partial charge in [0, 0.05) is 12.1 Å². The van der Waals surface area contributed by atoms with Crippen molar-refractivity contribution in [3.8, 4) is 5.75 Å². The summed E-state index contributed by atoms with van der Waals surface area (Å²) in [6.45, 7) is 0.548. The molecule has 5 heteroatoms. The highest BCUT2D eigenvalue weighted by Gasteiger charge is 2.07. The minimum Gasteiger partial charge on any atom is -0.495 e. The highest BCUT2D eigenvalue weighted by atomic mass is 16.5. The number of anilines is 1. The molecule has 20 heavy (non-hydrogen) atoms.